The number of anilines is 1. The summed E-state index contributed by atoms with van der Waals surface area (Å²) >= 11 is 12.2. The van der Waals surface area contributed by atoms with Crippen LogP contribution in [0.4, 0.5) is 5.82 Å². The zero-order valence-electron chi connectivity index (χ0n) is 10.1. The smallest absolute Gasteiger partial charge is 0.259 e. The van der Waals surface area contributed by atoms with Gasteiger partial charge in [-0.05, 0) is 18.2 Å². The van der Waals surface area contributed by atoms with Crippen molar-refractivity contribution in [2.75, 3.05) is 5.73 Å². The standard InChI is InChI=1S/C13H11Cl2N3O/c1-18-12(17)7(6-16)5-8(13(18)19)11-9(14)3-2-4-10(11)15/h2-6,16H,17H2,1H3. The summed E-state index contributed by atoms with van der Waals surface area (Å²) < 4.78 is 1.27. The summed E-state index contributed by atoms with van der Waals surface area (Å²) in [5.74, 6) is 0.229. The Bertz CT molecular complexity index is 702. The Morgan fingerprint density at radius 1 is 1.32 bits per heavy atom. The molecule has 3 N–H and O–H groups in total. The van der Waals surface area contributed by atoms with E-state index in [0.29, 0.717) is 26.7 Å². The molecule has 1 aromatic carbocycles. The number of nitrogens with zero attached hydrogens (tertiary/aromatic N) is 1. The maximum absolute atomic E-state index is 12.3. The molecule has 19 heavy (non-hydrogen) atoms. The number of rotatable bonds is 2. The number of hydrogen-bond donors (Lipinski definition) is 2. The minimum absolute atomic E-state index is 0.229. The van der Waals surface area contributed by atoms with Gasteiger partial charge in [0, 0.05) is 24.4 Å². The molecule has 0 aliphatic heterocycles. The van der Waals surface area contributed by atoms with Gasteiger partial charge in [-0.1, -0.05) is 29.3 Å². The van der Waals surface area contributed by atoms with Crippen molar-refractivity contribution in [3.8, 4) is 11.1 Å². The average Bonchev–Trinajstić information content (AvgIpc) is 2.38. The number of nitrogens with one attached hydrogen (secondary N) is 1. The van der Waals surface area contributed by atoms with Crippen LogP contribution >= 0.6 is 23.2 Å². The Kier molecular flexibility index (Phi) is 3.64. The predicted octanol–water partition coefficient (Wildman–Crippen LogP) is 2.94. The van der Waals surface area contributed by atoms with E-state index in [4.69, 9.17) is 34.3 Å². The van der Waals surface area contributed by atoms with Gasteiger partial charge >= 0.3 is 0 Å². The quantitative estimate of drug-likeness (QED) is 0.836. The highest BCUT2D eigenvalue weighted by Crippen LogP contribution is 2.33. The second-order valence-electron chi connectivity index (χ2n) is 4.00. The predicted molar refractivity (Wildman–Crippen MR) is 79.4 cm³/mol. The number of benzene rings is 1. The summed E-state index contributed by atoms with van der Waals surface area (Å²) in [4.78, 5) is 12.3. The minimum Gasteiger partial charge on any atom is -0.384 e. The van der Waals surface area contributed by atoms with Crippen molar-refractivity contribution in [1.82, 2.24) is 4.57 Å². The molecule has 0 saturated heterocycles. The molecule has 0 radical (unpaired) electrons. The van der Waals surface area contributed by atoms with Gasteiger partial charge < -0.3 is 11.1 Å². The Balaban J connectivity index is 2.88. The molecule has 0 aliphatic carbocycles. The van der Waals surface area contributed by atoms with Gasteiger partial charge in [-0.2, -0.15) is 0 Å². The second-order valence-corrected chi connectivity index (χ2v) is 4.82. The highest BCUT2D eigenvalue weighted by atomic mass is 35.5. The molecular weight excluding hydrogens is 285 g/mol. The van der Waals surface area contributed by atoms with E-state index in [9.17, 15) is 4.79 Å². The Hall–Kier alpha value is -1.78. The third-order valence-corrected chi connectivity index (χ3v) is 3.51. The van der Waals surface area contributed by atoms with Gasteiger partial charge in [-0.15, -0.1) is 0 Å². The number of nitrogen functional groups attached to an aromatic ring is 1. The van der Waals surface area contributed by atoms with Crippen LogP contribution in [0.5, 0.6) is 0 Å². The van der Waals surface area contributed by atoms with Crippen LogP contribution < -0.4 is 11.3 Å². The molecule has 0 bridgehead atoms. The average molecular weight is 296 g/mol. The molecule has 2 rings (SSSR count). The minimum atomic E-state index is -0.307. The van der Waals surface area contributed by atoms with Crippen LogP contribution in [0.3, 0.4) is 0 Å². The van der Waals surface area contributed by atoms with E-state index in [1.165, 1.54) is 10.6 Å². The van der Waals surface area contributed by atoms with Crippen LogP contribution in [-0.4, -0.2) is 10.8 Å². The number of halogens is 2. The summed E-state index contributed by atoms with van der Waals surface area (Å²) in [6.45, 7) is 0. The van der Waals surface area contributed by atoms with Crippen LogP contribution in [0, 0.1) is 5.41 Å². The number of nitrogens with two attached hydrogens (primary N) is 1. The van der Waals surface area contributed by atoms with Crippen molar-refractivity contribution >= 4 is 35.2 Å². The third-order valence-electron chi connectivity index (χ3n) is 2.88. The van der Waals surface area contributed by atoms with Gasteiger partial charge in [0.15, 0.2) is 0 Å². The van der Waals surface area contributed by atoms with Crippen molar-refractivity contribution in [2.45, 2.75) is 0 Å². The van der Waals surface area contributed by atoms with E-state index in [1.807, 2.05) is 0 Å². The lowest BCUT2D eigenvalue weighted by Crippen LogP contribution is -2.23. The van der Waals surface area contributed by atoms with Gasteiger partial charge in [0.1, 0.15) is 5.82 Å². The Morgan fingerprint density at radius 3 is 2.42 bits per heavy atom. The Morgan fingerprint density at radius 2 is 1.89 bits per heavy atom. The summed E-state index contributed by atoms with van der Waals surface area (Å²) in [6, 6.07) is 6.54. The normalized spacial score (nSPS) is 10.5. The zero-order valence-corrected chi connectivity index (χ0v) is 11.6. The molecule has 2 aromatic rings. The first-order valence-corrected chi connectivity index (χ1v) is 6.17. The van der Waals surface area contributed by atoms with Gasteiger partial charge in [-0.25, -0.2) is 0 Å². The first-order valence-electron chi connectivity index (χ1n) is 5.41. The molecule has 0 saturated carbocycles. The van der Waals surface area contributed by atoms with Crippen molar-refractivity contribution < 1.29 is 0 Å². The maximum Gasteiger partial charge on any atom is 0.259 e. The molecule has 0 spiro atoms. The van der Waals surface area contributed by atoms with E-state index < -0.39 is 0 Å². The monoisotopic (exact) mass is 295 g/mol. The van der Waals surface area contributed by atoms with Crippen molar-refractivity contribution in [1.29, 1.82) is 5.41 Å². The van der Waals surface area contributed by atoms with Crippen molar-refractivity contribution in [3.63, 3.8) is 0 Å². The van der Waals surface area contributed by atoms with E-state index in [-0.39, 0.29) is 11.4 Å². The van der Waals surface area contributed by atoms with Crippen molar-refractivity contribution in [3.05, 3.63) is 50.2 Å². The fourth-order valence-electron chi connectivity index (χ4n) is 1.82. The van der Waals surface area contributed by atoms with Gasteiger partial charge in [0.05, 0.1) is 15.6 Å². The molecule has 0 unspecified atom stereocenters. The summed E-state index contributed by atoms with van der Waals surface area (Å²) in [7, 11) is 1.54. The third kappa shape index (κ3) is 2.25. The van der Waals surface area contributed by atoms with Crippen LogP contribution in [0.2, 0.25) is 10.0 Å². The first-order chi connectivity index (χ1) is 8.97. The number of pyridine rings is 1. The van der Waals surface area contributed by atoms with Crippen LogP contribution in [0.15, 0.2) is 29.1 Å². The SMILES string of the molecule is Cn1c(N)c(C=N)cc(-c2c(Cl)cccc2Cl)c1=O. The summed E-state index contributed by atoms with van der Waals surface area (Å²) in [5, 5.41) is 8.09. The topological polar surface area (TPSA) is 71.9 Å². The van der Waals surface area contributed by atoms with Gasteiger partial charge in [0.25, 0.3) is 5.56 Å². The number of hydrogen-bond acceptors (Lipinski definition) is 3. The number of aromatic nitrogens is 1. The van der Waals surface area contributed by atoms with E-state index in [0.717, 1.165) is 6.21 Å². The lowest BCUT2D eigenvalue weighted by atomic mass is 10.0. The highest BCUT2D eigenvalue weighted by molar-refractivity contribution is 6.39. The van der Waals surface area contributed by atoms with Crippen molar-refractivity contribution in [2.24, 2.45) is 7.05 Å². The second kappa shape index (κ2) is 5.07. The molecule has 0 amide bonds. The van der Waals surface area contributed by atoms with E-state index in [1.54, 1.807) is 25.2 Å². The highest BCUT2D eigenvalue weighted by Gasteiger charge is 2.15. The first kappa shape index (κ1) is 13.6. The molecule has 6 heteroatoms. The van der Waals surface area contributed by atoms with Gasteiger partial charge in [0.2, 0.25) is 0 Å². The molecule has 4 nitrogen and oxygen atoms in total. The lowest BCUT2D eigenvalue weighted by molar-refractivity contribution is 0.876. The van der Waals surface area contributed by atoms with Crippen LogP contribution in [0.25, 0.3) is 11.1 Å². The molecule has 1 aromatic heterocycles. The molecule has 1 heterocycles. The van der Waals surface area contributed by atoms with Crippen LogP contribution in [-0.2, 0) is 7.05 Å². The molecule has 0 aliphatic rings. The summed E-state index contributed by atoms with van der Waals surface area (Å²) in [5.41, 5.74) is 6.67. The molecular formula is C13H11Cl2N3O. The summed E-state index contributed by atoms with van der Waals surface area (Å²) in [6.07, 6.45) is 1.09. The largest absolute Gasteiger partial charge is 0.384 e. The Labute approximate surface area is 119 Å². The maximum atomic E-state index is 12.3. The lowest BCUT2D eigenvalue weighted by Gasteiger charge is -2.12. The fourth-order valence-corrected chi connectivity index (χ4v) is 2.43. The fraction of sp³-hybridized carbons (Fsp3) is 0.0769. The van der Waals surface area contributed by atoms with Crippen LogP contribution in [0.1, 0.15) is 5.56 Å². The molecule has 0 atom stereocenters. The zero-order chi connectivity index (χ0) is 14.2. The van der Waals surface area contributed by atoms with Gasteiger partial charge in [-0.3, -0.25) is 9.36 Å². The van der Waals surface area contributed by atoms with E-state index in [2.05, 4.69) is 0 Å². The molecule has 98 valence electrons. The van der Waals surface area contributed by atoms with E-state index >= 15 is 0 Å². The molecule has 0 fully saturated rings.